The van der Waals surface area contributed by atoms with Gasteiger partial charge in [-0.15, -0.1) is 10.2 Å². The van der Waals surface area contributed by atoms with E-state index in [4.69, 9.17) is 16.6 Å². The van der Waals surface area contributed by atoms with Crippen LogP contribution in [0.3, 0.4) is 0 Å². The number of Topliss-reactive ketones (excluding diaryl/α,β-unsaturated/α-hetero) is 1. The molecule has 0 bridgehead atoms. The van der Waals surface area contributed by atoms with Gasteiger partial charge >= 0.3 is 0 Å². The maximum atomic E-state index is 9.44. The SMILES string of the molecule is CC.CC(C)=O.Cc1c2c(cn1C)-n1c(C)nnc1CN=C2c1ccc(Cl)cc1. The summed E-state index contributed by atoms with van der Waals surface area (Å²) < 4.78 is 4.21. The molecular weight excluding hydrogens is 386 g/mol. The van der Waals surface area contributed by atoms with E-state index in [1.807, 2.05) is 52.1 Å². The molecule has 4 rings (SSSR count). The molecule has 0 saturated heterocycles. The summed E-state index contributed by atoms with van der Waals surface area (Å²) in [6.45, 7) is 11.6. The van der Waals surface area contributed by atoms with E-state index in [0.29, 0.717) is 6.54 Å². The summed E-state index contributed by atoms with van der Waals surface area (Å²) in [5, 5.41) is 9.20. The van der Waals surface area contributed by atoms with E-state index < -0.39 is 0 Å². The minimum Gasteiger partial charge on any atom is -0.352 e. The first-order chi connectivity index (χ1) is 13.8. The van der Waals surface area contributed by atoms with E-state index in [1.165, 1.54) is 13.8 Å². The first-order valence-corrected chi connectivity index (χ1v) is 10.0. The fraction of sp³-hybridized carbons (Fsp3) is 0.364. The summed E-state index contributed by atoms with van der Waals surface area (Å²) >= 11 is 6.03. The van der Waals surface area contributed by atoms with Crippen molar-refractivity contribution in [2.24, 2.45) is 12.0 Å². The quantitative estimate of drug-likeness (QED) is 0.572. The molecular formula is C22H28ClN5O. The van der Waals surface area contributed by atoms with Gasteiger partial charge in [0.1, 0.15) is 18.2 Å². The molecule has 6 nitrogen and oxygen atoms in total. The number of benzene rings is 1. The van der Waals surface area contributed by atoms with Gasteiger partial charge in [-0.2, -0.15) is 0 Å². The Hall–Kier alpha value is -2.73. The number of aromatic nitrogens is 4. The largest absolute Gasteiger partial charge is 0.352 e. The highest BCUT2D eigenvalue weighted by atomic mass is 35.5. The number of carbonyl (C=O) groups is 1. The van der Waals surface area contributed by atoms with Crippen molar-refractivity contribution in [3.8, 4) is 5.69 Å². The van der Waals surface area contributed by atoms with Crippen molar-refractivity contribution in [2.75, 3.05) is 0 Å². The van der Waals surface area contributed by atoms with Crippen molar-refractivity contribution in [1.29, 1.82) is 0 Å². The number of aliphatic imine (C=N–C) groups is 1. The van der Waals surface area contributed by atoms with Crippen molar-refractivity contribution >= 4 is 23.1 Å². The molecule has 0 aliphatic carbocycles. The molecule has 1 aliphatic rings. The zero-order valence-electron chi connectivity index (χ0n) is 18.1. The zero-order chi connectivity index (χ0) is 21.7. The number of carbonyl (C=O) groups excluding carboxylic acids is 1. The van der Waals surface area contributed by atoms with Crippen LogP contribution in [0.25, 0.3) is 5.69 Å². The van der Waals surface area contributed by atoms with Crippen LogP contribution in [0.4, 0.5) is 0 Å². The molecule has 154 valence electrons. The van der Waals surface area contributed by atoms with Crippen LogP contribution in [-0.2, 0) is 18.4 Å². The maximum Gasteiger partial charge on any atom is 0.159 e. The van der Waals surface area contributed by atoms with Gasteiger partial charge in [-0.3, -0.25) is 9.56 Å². The second kappa shape index (κ2) is 9.65. The molecule has 3 heterocycles. The van der Waals surface area contributed by atoms with Crippen LogP contribution in [0.1, 0.15) is 56.2 Å². The van der Waals surface area contributed by atoms with Crippen LogP contribution >= 0.6 is 11.6 Å². The van der Waals surface area contributed by atoms with E-state index in [-0.39, 0.29) is 5.78 Å². The van der Waals surface area contributed by atoms with Crippen molar-refractivity contribution in [3.05, 3.63) is 64.0 Å². The molecule has 0 radical (unpaired) electrons. The van der Waals surface area contributed by atoms with Gasteiger partial charge in [0.25, 0.3) is 0 Å². The van der Waals surface area contributed by atoms with Gasteiger partial charge in [0, 0.05) is 35.1 Å². The summed E-state index contributed by atoms with van der Waals surface area (Å²) in [4.78, 5) is 14.3. The molecule has 29 heavy (non-hydrogen) atoms. The summed E-state index contributed by atoms with van der Waals surface area (Å²) in [6.07, 6.45) is 2.11. The van der Waals surface area contributed by atoms with Crippen LogP contribution < -0.4 is 0 Å². The van der Waals surface area contributed by atoms with Crippen LogP contribution in [0, 0.1) is 13.8 Å². The lowest BCUT2D eigenvalue weighted by atomic mass is 10.0. The van der Waals surface area contributed by atoms with Crippen molar-refractivity contribution in [2.45, 2.75) is 48.1 Å². The lowest BCUT2D eigenvalue weighted by Crippen LogP contribution is -2.07. The normalized spacial score (nSPS) is 11.7. The first kappa shape index (κ1) is 22.6. The number of ketones is 1. The minimum atomic E-state index is 0.167. The molecule has 0 unspecified atom stereocenters. The van der Waals surface area contributed by atoms with Gasteiger partial charge in [-0.25, -0.2) is 0 Å². The molecule has 7 heteroatoms. The van der Waals surface area contributed by atoms with Gasteiger partial charge in [-0.05, 0) is 39.8 Å². The summed E-state index contributed by atoms with van der Waals surface area (Å²) in [5.41, 5.74) is 5.39. The molecule has 0 saturated carbocycles. The zero-order valence-corrected chi connectivity index (χ0v) is 18.9. The molecule has 1 aromatic carbocycles. The van der Waals surface area contributed by atoms with Crippen molar-refractivity contribution in [3.63, 3.8) is 0 Å². The van der Waals surface area contributed by atoms with E-state index in [2.05, 4.69) is 32.5 Å². The van der Waals surface area contributed by atoms with Gasteiger partial charge < -0.3 is 9.36 Å². The lowest BCUT2D eigenvalue weighted by molar-refractivity contribution is -0.114. The molecule has 1 aliphatic heterocycles. The average molecular weight is 414 g/mol. The van der Waals surface area contributed by atoms with Gasteiger partial charge in [0.05, 0.1) is 11.4 Å². The number of fused-ring (bicyclic) bond motifs is 3. The summed E-state index contributed by atoms with van der Waals surface area (Å²) in [7, 11) is 2.04. The van der Waals surface area contributed by atoms with Gasteiger partial charge in [0.2, 0.25) is 0 Å². The third kappa shape index (κ3) is 4.82. The second-order valence-electron chi connectivity index (χ2n) is 6.66. The van der Waals surface area contributed by atoms with Crippen LogP contribution in [0.5, 0.6) is 0 Å². The third-order valence-electron chi connectivity index (χ3n) is 4.33. The Morgan fingerprint density at radius 2 is 1.66 bits per heavy atom. The monoisotopic (exact) mass is 413 g/mol. The Labute approximate surface area is 177 Å². The summed E-state index contributed by atoms with van der Waals surface area (Å²) in [5.74, 6) is 1.90. The third-order valence-corrected chi connectivity index (χ3v) is 4.58. The fourth-order valence-corrected chi connectivity index (χ4v) is 3.19. The second-order valence-corrected chi connectivity index (χ2v) is 7.10. The van der Waals surface area contributed by atoms with Crippen molar-refractivity contribution < 1.29 is 4.79 Å². The highest BCUT2D eigenvalue weighted by Gasteiger charge is 2.25. The molecule has 0 amide bonds. The standard InChI is InChI=1S/C17H16ClN5.C3H6O.C2H6/c1-10-16-14(9-22(10)3)23-11(2)20-21-15(23)8-19-17(16)12-4-6-13(18)7-5-12;1-3(2)4;1-2/h4-7,9H,8H2,1-3H3;1-2H3;1-2H3. The minimum absolute atomic E-state index is 0.167. The predicted octanol–water partition coefficient (Wildman–Crippen LogP) is 4.85. The Bertz CT molecular complexity index is 1020. The predicted molar refractivity (Wildman–Crippen MR) is 118 cm³/mol. The fourth-order valence-electron chi connectivity index (χ4n) is 3.06. The van der Waals surface area contributed by atoms with Gasteiger partial charge in [-0.1, -0.05) is 37.6 Å². The highest BCUT2D eigenvalue weighted by Crippen LogP contribution is 2.29. The number of hydrogen-bond acceptors (Lipinski definition) is 4. The topological polar surface area (TPSA) is 65.1 Å². The average Bonchev–Trinajstić information content (AvgIpc) is 3.12. The number of hydrogen-bond donors (Lipinski definition) is 0. The number of rotatable bonds is 1. The van der Waals surface area contributed by atoms with Crippen molar-refractivity contribution in [1.82, 2.24) is 19.3 Å². The van der Waals surface area contributed by atoms with E-state index in [0.717, 1.165) is 44.9 Å². The molecule has 0 fully saturated rings. The van der Waals surface area contributed by atoms with Crippen LogP contribution in [0.2, 0.25) is 5.02 Å². The molecule has 3 aromatic rings. The van der Waals surface area contributed by atoms with E-state index in [1.54, 1.807) is 0 Å². The number of nitrogens with zero attached hydrogens (tertiary/aromatic N) is 5. The molecule has 0 atom stereocenters. The van der Waals surface area contributed by atoms with Gasteiger partial charge in [0.15, 0.2) is 5.82 Å². The Kier molecular flexibility index (Phi) is 7.51. The Morgan fingerprint density at radius 3 is 2.24 bits per heavy atom. The van der Waals surface area contributed by atoms with Crippen LogP contribution in [-0.4, -0.2) is 30.8 Å². The maximum absolute atomic E-state index is 9.44. The van der Waals surface area contributed by atoms with E-state index in [9.17, 15) is 4.79 Å². The molecule has 0 spiro atoms. The number of aryl methyl sites for hydroxylation is 2. The Balaban J connectivity index is 0.000000449. The van der Waals surface area contributed by atoms with Crippen LogP contribution in [0.15, 0.2) is 35.5 Å². The number of halogens is 1. The van der Waals surface area contributed by atoms with E-state index >= 15 is 0 Å². The highest BCUT2D eigenvalue weighted by molar-refractivity contribution is 6.30. The summed E-state index contributed by atoms with van der Waals surface area (Å²) in [6, 6.07) is 7.81. The molecule has 2 aromatic heterocycles. The smallest absolute Gasteiger partial charge is 0.159 e. The Morgan fingerprint density at radius 1 is 1.07 bits per heavy atom. The first-order valence-electron chi connectivity index (χ1n) is 9.64. The lowest BCUT2D eigenvalue weighted by Gasteiger charge is -2.09. The molecule has 0 N–H and O–H groups in total.